The van der Waals surface area contributed by atoms with Crippen LogP contribution >= 0.6 is 11.6 Å². The molecular formula is C19H16ClF3N4O2. The lowest BCUT2D eigenvalue weighted by Crippen LogP contribution is -2.32. The van der Waals surface area contributed by atoms with Gasteiger partial charge in [-0.2, -0.15) is 18.3 Å². The molecule has 0 bridgehead atoms. The van der Waals surface area contributed by atoms with Gasteiger partial charge in [-0.25, -0.2) is 9.48 Å². The number of hydrogen-bond acceptors (Lipinski definition) is 3. The minimum Gasteiger partial charge on any atom is -0.492 e. The Hall–Kier alpha value is -3.20. The summed E-state index contributed by atoms with van der Waals surface area (Å²) < 4.78 is 46.3. The van der Waals surface area contributed by atoms with Gasteiger partial charge in [0, 0.05) is 10.6 Å². The third-order valence-electron chi connectivity index (χ3n) is 3.89. The number of carbonyl (C=O) groups excluding carboxylic acids is 1. The molecule has 29 heavy (non-hydrogen) atoms. The fourth-order valence-corrected chi connectivity index (χ4v) is 2.70. The molecule has 1 heterocycles. The number of nitrogens with two attached hydrogens (primary N) is 1. The van der Waals surface area contributed by atoms with E-state index in [2.05, 4.69) is 10.4 Å². The molecule has 0 atom stereocenters. The smallest absolute Gasteiger partial charge is 0.435 e. The van der Waals surface area contributed by atoms with Gasteiger partial charge in [0.15, 0.2) is 5.69 Å². The fourth-order valence-electron chi connectivity index (χ4n) is 2.57. The molecule has 3 N–H and O–H groups in total. The molecular weight excluding hydrogens is 409 g/mol. The number of carbonyl (C=O) groups is 1. The molecule has 3 aromatic rings. The van der Waals surface area contributed by atoms with Crippen LogP contribution < -0.4 is 15.8 Å². The lowest BCUT2D eigenvalue weighted by molar-refractivity contribution is -0.141. The molecule has 0 spiro atoms. The third-order valence-corrected chi connectivity index (χ3v) is 4.14. The Morgan fingerprint density at radius 1 is 1.14 bits per heavy atom. The molecule has 0 fully saturated rings. The van der Waals surface area contributed by atoms with Gasteiger partial charge in [-0.1, -0.05) is 11.6 Å². The Morgan fingerprint density at radius 2 is 1.79 bits per heavy atom. The number of hydrogen-bond donors (Lipinski definition) is 2. The van der Waals surface area contributed by atoms with Crippen molar-refractivity contribution in [1.82, 2.24) is 15.1 Å². The summed E-state index contributed by atoms with van der Waals surface area (Å²) >= 11 is 5.87. The number of primary amides is 1. The molecule has 0 unspecified atom stereocenters. The number of rotatable bonds is 6. The largest absolute Gasteiger partial charge is 0.492 e. The minimum atomic E-state index is -4.58. The van der Waals surface area contributed by atoms with Crippen LogP contribution in [0.1, 0.15) is 5.69 Å². The van der Waals surface area contributed by atoms with E-state index in [1.165, 1.54) is 4.68 Å². The lowest BCUT2D eigenvalue weighted by atomic mass is 10.1. The van der Waals surface area contributed by atoms with Crippen molar-refractivity contribution in [3.8, 4) is 22.7 Å². The van der Waals surface area contributed by atoms with Crippen LogP contribution in [0.3, 0.4) is 0 Å². The van der Waals surface area contributed by atoms with Crippen LogP contribution in [-0.2, 0) is 6.18 Å². The van der Waals surface area contributed by atoms with E-state index in [1.54, 1.807) is 48.5 Å². The topological polar surface area (TPSA) is 82.2 Å². The molecule has 0 aliphatic carbocycles. The monoisotopic (exact) mass is 424 g/mol. The van der Waals surface area contributed by atoms with Crippen LogP contribution in [0.5, 0.6) is 5.75 Å². The van der Waals surface area contributed by atoms with Gasteiger partial charge in [0.25, 0.3) is 0 Å². The molecule has 2 aromatic carbocycles. The first-order chi connectivity index (χ1) is 13.7. The molecule has 0 saturated heterocycles. The number of benzene rings is 2. The summed E-state index contributed by atoms with van der Waals surface area (Å²) in [6, 6.07) is 13.1. The van der Waals surface area contributed by atoms with Crippen molar-refractivity contribution in [2.24, 2.45) is 5.73 Å². The Kier molecular flexibility index (Phi) is 5.97. The first-order valence-electron chi connectivity index (χ1n) is 8.44. The van der Waals surface area contributed by atoms with Crippen LogP contribution in [0, 0.1) is 0 Å². The molecule has 0 saturated carbocycles. The second kappa shape index (κ2) is 8.44. The summed E-state index contributed by atoms with van der Waals surface area (Å²) in [4.78, 5) is 10.6. The van der Waals surface area contributed by atoms with Crippen LogP contribution in [0.15, 0.2) is 54.6 Å². The molecule has 152 valence electrons. The summed E-state index contributed by atoms with van der Waals surface area (Å²) in [5.74, 6) is 0.494. The maximum absolute atomic E-state index is 13.2. The van der Waals surface area contributed by atoms with Crippen LogP contribution in [0.25, 0.3) is 16.9 Å². The first kappa shape index (κ1) is 20.5. The summed E-state index contributed by atoms with van der Waals surface area (Å²) in [7, 11) is 0. The highest BCUT2D eigenvalue weighted by atomic mass is 35.5. The summed E-state index contributed by atoms with van der Waals surface area (Å²) in [6.07, 6.45) is -4.58. The average molecular weight is 425 g/mol. The Morgan fingerprint density at radius 3 is 2.38 bits per heavy atom. The van der Waals surface area contributed by atoms with Gasteiger partial charge in [-0.15, -0.1) is 0 Å². The van der Waals surface area contributed by atoms with E-state index in [-0.39, 0.29) is 18.8 Å². The first-order valence-corrected chi connectivity index (χ1v) is 8.81. The molecule has 2 amide bonds. The second-order valence-corrected chi connectivity index (χ2v) is 6.40. The zero-order valence-corrected chi connectivity index (χ0v) is 15.7. The highest BCUT2D eigenvalue weighted by Gasteiger charge is 2.35. The molecule has 10 heteroatoms. The van der Waals surface area contributed by atoms with Gasteiger partial charge in [-0.3, -0.25) is 0 Å². The number of urea groups is 1. The van der Waals surface area contributed by atoms with Crippen LogP contribution in [0.4, 0.5) is 18.0 Å². The Bertz CT molecular complexity index is 986. The number of alkyl halides is 3. The zero-order chi connectivity index (χ0) is 21.0. The van der Waals surface area contributed by atoms with E-state index in [0.29, 0.717) is 22.0 Å². The minimum absolute atomic E-state index is 0.198. The number of halogens is 4. The van der Waals surface area contributed by atoms with Crippen molar-refractivity contribution >= 4 is 17.6 Å². The summed E-state index contributed by atoms with van der Waals surface area (Å²) in [5, 5.41) is 6.57. The van der Waals surface area contributed by atoms with E-state index in [4.69, 9.17) is 22.1 Å². The molecule has 3 rings (SSSR count). The number of nitrogens with zero attached hydrogens (tertiary/aromatic N) is 2. The normalized spacial score (nSPS) is 11.3. The molecule has 0 aliphatic heterocycles. The van der Waals surface area contributed by atoms with Crippen LogP contribution in [-0.4, -0.2) is 29.0 Å². The molecule has 0 radical (unpaired) electrons. The SMILES string of the molecule is NC(=O)NCCOc1ccc(-c2cc(C(F)(F)F)nn2-c2ccc(Cl)cc2)cc1. The van der Waals surface area contributed by atoms with Crippen molar-refractivity contribution in [1.29, 1.82) is 0 Å². The fraction of sp³-hybridized carbons (Fsp3) is 0.158. The lowest BCUT2D eigenvalue weighted by Gasteiger charge is -2.10. The average Bonchev–Trinajstić information content (AvgIpc) is 3.12. The van der Waals surface area contributed by atoms with E-state index in [1.807, 2.05) is 0 Å². The molecule has 0 aliphatic rings. The molecule has 6 nitrogen and oxygen atoms in total. The highest BCUT2D eigenvalue weighted by Crippen LogP contribution is 2.33. The van der Waals surface area contributed by atoms with Crippen molar-refractivity contribution in [3.63, 3.8) is 0 Å². The number of aromatic nitrogens is 2. The standard InChI is InChI=1S/C19H16ClF3N4O2/c20-13-3-5-14(6-4-13)27-16(11-17(26-27)19(21,22)23)12-1-7-15(8-2-12)29-10-9-25-18(24)28/h1-8,11H,9-10H2,(H3,24,25,28). The maximum Gasteiger partial charge on any atom is 0.435 e. The highest BCUT2D eigenvalue weighted by molar-refractivity contribution is 6.30. The van der Waals surface area contributed by atoms with Crippen molar-refractivity contribution in [2.45, 2.75) is 6.18 Å². The van der Waals surface area contributed by atoms with E-state index < -0.39 is 17.9 Å². The predicted molar refractivity (Wildman–Crippen MR) is 102 cm³/mol. The van der Waals surface area contributed by atoms with Gasteiger partial charge >= 0.3 is 12.2 Å². The summed E-state index contributed by atoms with van der Waals surface area (Å²) in [6.45, 7) is 0.429. The second-order valence-electron chi connectivity index (χ2n) is 5.96. The summed E-state index contributed by atoms with van der Waals surface area (Å²) in [5.41, 5.74) is 5.18. The van der Waals surface area contributed by atoms with Crippen molar-refractivity contribution < 1.29 is 22.7 Å². The van der Waals surface area contributed by atoms with Crippen molar-refractivity contribution in [2.75, 3.05) is 13.2 Å². The maximum atomic E-state index is 13.2. The number of ether oxygens (including phenoxy) is 1. The van der Waals surface area contributed by atoms with E-state index in [0.717, 1.165) is 6.07 Å². The van der Waals surface area contributed by atoms with Gasteiger partial charge < -0.3 is 15.8 Å². The molecule has 1 aromatic heterocycles. The number of nitrogens with one attached hydrogen (secondary N) is 1. The van der Waals surface area contributed by atoms with E-state index >= 15 is 0 Å². The van der Waals surface area contributed by atoms with Gasteiger partial charge in [-0.05, 0) is 54.6 Å². The van der Waals surface area contributed by atoms with Crippen molar-refractivity contribution in [3.05, 3.63) is 65.3 Å². The van der Waals surface area contributed by atoms with Crippen LogP contribution in [0.2, 0.25) is 5.02 Å². The predicted octanol–water partition coefficient (Wildman–Crippen LogP) is 4.26. The van der Waals surface area contributed by atoms with Gasteiger partial charge in [0.1, 0.15) is 12.4 Å². The third kappa shape index (κ3) is 5.20. The van der Waals surface area contributed by atoms with E-state index in [9.17, 15) is 18.0 Å². The van der Waals surface area contributed by atoms with Gasteiger partial charge in [0.05, 0.1) is 17.9 Å². The van der Waals surface area contributed by atoms with Gasteiger partial charge in [0.2, 0.25) is 0 Å². The Balaban J connectivity index is 1.88. The number of amides is 2. The Labute approximate surface area is 169 Å². The quantitative estimate of drug-likeness (QED) is 0.580. The zero-order valence-electron chi connectivity index (χ0n) is 14.9.